The number of piperidine rings is 1. The highest BCUT2D eigenvalue weighted by Gasteiger charge is 2.24. The first-order valence-electron chi connectivity index (χ1n) is 7.98. The molecule has 0 bridgehead atoms. The second-order valence-electron chi connectivity index (χ2n) is 6.46. The van der Waals surface area contributed by atoms with Crippen molar-refractivity contribution in [3.63, 3.8) is 0 Å². The number of likely N-dealkylation sites (tertiary alicyclic amines) is 1. The third-order valence-corrected chi connectivity index (χ3v) is 4.27. The van der Waals surface area contributed by atoms with E-state index < -0.39 is 6.04 Å². The van der Waals surface area contributed by atoms with Gasteiger partial charge >= 0.3 is 0 Å². The number of carbonyl (C=O) groups excluding carboxylic acids is 1. The van der Waals surface area contributed by atoms with E-state index in [1.165, 1.54) is 12.1 Å². The molecule has 0 aliphatic carbocycles. The van der Waals surface area contributed by atoms with Crippen molar-refractivity contribution in [1.29, 1.82) is 0 Å². The average Bonchev–Trinajstić information content (AvgIpc) is 2.50. The monoisotopic (exact) mass is 307 g/mol. The number of benzene rings is 1. The van der Waals surface area contributed by atoms with Gasteiger partial charge < -0.3 is 11.1 Å². The smallest absolute Gasteiger partial charge is 0.237 e. The minimum atomic E-state index is -0.433. The molecule has 0 spiro atoms. The van der Waals surface area contributed by atoms with E-state index in [2.05, 4.69) is 10.2 Å². The summed E-state index contributed by atoms with van der Waals surface area (Å²) in [5.74, 6) is -0.0998. The topological polar surface area (TPSA) is 58.4 Å². The Hall–Kier alpha value is -1.46. The lowest BCUT2D eigenvalue weighted by Crippen LogP contribution is -2.51. The van der Waals surface area contributed by atoms with Crippen LogP contribution in [0.4, 0.5) is 4.39 Å². The standard InChI is InChI=1S/C17H26FN3O/c1-12(2)16(19)17(22)20-15-7-9-21(10-8-15)11-13-3-5-14(18)6-4-13/h3-6,12,15-16H,7-11,19H2,1-2H3,(H,20,22)/t16-/m0/s1. The molecular formula is C17H26FN3O. The van der Waals surface area contributed by atoms with E-state index in [0.29, 0.717) is 0 Å². The number of nitrogens with zero attached hydrogens (tertiary/aromatic N) is 1. The number of nitrogens with one attached hydrogen (secondary N) is 1. The molecular weight excluding hydrogens is 281 g/mol. The highest BCUT2D eigenvalue weighted by molar-refractivity contribution is 5.82. The van der Waals surface area contributed by atoms with Gasteiger partial charge in [0, 0.05) is 25.7 Å². The molecule has 122 valence electrons. The van der Waals surface area contributed by atoms with Crippen LogP contribution in [-0.4, -0.2) is 36.0 Å². The lowest BCUT2D eigenvalue weighted by Gasteiger charge is -2.33. The molecule has 0 unspecified atom stereocenters. The zero-order valence-corrected chi connectivity index (χ0v) is 13.4. The summed E-state index contributed by atoms with van der Waals surface area (Å²) in [5.41, 5.74) is 6.98. The van der Waals surface area contributed by atoms with Crippen LogP contribution in [0.25, 0.3) is 0 Å². The Morgan fingerprint density at radius 3 is 2.45 bits per heavy atom. The van der Waals surface area contributed by atoms with Gasteiger partial charge in [-0.2, -0.15) is 0 Å². The van der Waals surface area contributed by atoms with Crippen LogP contribution in [0, 0.1) is 11.7 Å². The summed E-state index contributed by atoms with van der Waals surface area (Å²) in [6.45, 7) is 6.59. The van der Waals surface area contributed by atoms with E-state index in [0.717, 1.165) is 38.0 Å². The van der Waals surface area contributed by atoms with Crippen LogP contribution in [0.2, 0.25) is 0 Å². The summed E-state index contributed by atoms with van der Waals surface area (Å²) in [5, 5.41) is 3.05. The Kier molecular flexibility index (Phi) is 5.91. The maximum absolute atomic E-state index is 12.9. The van der Waals surface area contributed by atoms with E-state index in [1.807, 2.05) is 26.0 Å². The molecule has 1 aliphatic rings. The minimum absolute atomic E-state index is 0.0491. The van der Waals surface area contributed by atoms with Gasteiger partial charge in [0.15, 0.2) is 0 Å². The van der Waals surface area contributed by atoms with E-state index >= 15 is 0 Å². The van der Waals surface area contributed by atoms with E-state index in [1.54, 1.807) is 0 Å². The van der Waals surface area contributed by atoms with Gasteiger partial charge in [0.05, 0.1) is 6.04 Å². The van der Waals surface area contributed by atoms with Crippen LogP contribution in [0.5, 0.6) is 0 Å². The SMILES string of the molecule is CC(C)[C@H](N)C(=O)NC1CCN(Cc2ccc(F)cc2)CC1. The molecule has 1 aliphatic heterocycles. The molecule has 5 heteroatoms. The molecule has 0 aromatic heterocycles. The molecule has 1 amide bonds. The first kappa shape index (κ1) is 16.9. The fourth-order valence-electron chi connectivity index (χ4n) is 2.68. The van der Waals surface area contributed by atoms with E-state index in [4.69, 9.17) is 5.73 Å². The van der Waals surface area contributed by atoms with Crippen LogP contribution in [0.15, 0.2) is 24.3 Å². The lowest BCUT2D eigenvalue weighted by atomic mass is 10.0. The van der Waals surface area contributed by atoms with Gasteiger partial charge in [0.2, 0.25) is 5.91 Å². The second-order valence-corrected chi connectivity index (χ2v) is 6.46. The molecule has 0 saturated carbocycles. The second kappa shape index (κ2) is 7.70. The zero-order chi connectivity index (χ0) is 16.1. The number of nitrogens with two attached hydrogens (primary N) is 1. The molecule has 4 nitrogen and oxygen atoms in total. The highest BCUT2D eigenvalue weighted by Crippen LogP contribution is 2.14. The fraction of sp³-hybridized carbons (Fsp3) is 0.588. The van der Waals surface area contributed by atoms with Crippen LogP contribution in [-0.2, 0) is 11.3 Å². The molecule has 0 radical (unpaired) electrons. The number of amides is 1. The number of rotatable bonds is 5. The third-order valence-electron chi connectivity index (χ3n) is 4.27. The van der Waals surface area contributed by atoms with E-state index in [-0.39, 0.29) is 23.7 Å². The molecule has 1 aromatic rings. The van der Waals surface area contributed by atoms with Crippen molar-refractivity contribution in [3.05, 3.63) is 35.6 Å². The van der Waals surface area contributed by atoms with Crippen molar-refractivity contribution in [1.82, 2.24) is 10.2 Å². The molecule has 1 heterocycles. The molecule has 1 atom stereocenters. The van der Waals surface area contributed by atoms with Crippen LogP contribution in [0.1, 0.15) is 32.3 Å². The van der Waals surface area contributed by atoms with Gasteiger partial charge in [-0.1, -0.05) is 26.0 Å². The number of carbonyl (C=O) groups is 1. The van der Waals surface area contributed by atoms with Gasteiger partial charge in [0.25, 0.3) is 0 Å². The van der Waals surface area contributed by atoms with Gasteiger partial charge in [-0.25, -0.2) is 4.39 Å². The maximum atomic E-state index is 12.9. The van der Waals surface area contributed by atoms with Crippen molar-refractivity contribution in [3.8, 4) is 0 Å². The Bertz CT molecular complexity index is 481. The van der Waals surface area contributed by atoms with Gasteiger partial charge in [-0.05, 0) is 36.5 Å². The van der Waals surface area contributed by atoms with Crippen molar-refractivity contribution >= 4 is 5.91 Å². The van der Waals surface area contributed by atoms with Gasteiger partial charge in [-0.15, -0.1) is 0 Å². The Balaban J connectivity index is 1.76. The summed E-state index contributed by atoms with van der Waals surface area (Å²) in [6, 6.07) is 6.42. The first-order chi connectivity index (χ1) is 10.5. The Labute approximate surface area is 131 Å². The first-order valence-corrected chi connectivity index (χ1v) is 7.98. The normalized spacial score (nSPS) is 18.4. The van der Waals surface area contributed by atoms with Crippen molar-refractivity contribution < 1.29 is 9.18 Å². The Morgan fingerprint density at radius 1 is 1.32 bits per heavy atom. The lowest BCUT2D eigenvalue weighted by molar-refractivity contribution is -0.124. The number of hydrogen-bond acceptors (Lipinski definition) is 3. The maximum Gasteiger partial charge on any atom is 0.237 e. The molecule has 1 aromatic carbocycles. The predicted molar refractivity (Wildman–Crippen MR) is 85.7 cm³/mol. The summed E-state index contributed by atoms with van der Waals surface area (Å²) in [6.07, 6.45) is 1.86. The largest absolute Gasteiger partial charge is 0.352 e. The molecule has 1 saturated heterocycles. The Morgan fingerprint density at radius 2 is 1.91 bits per heavy atom. The number of halogens is 1. The van der Waals surface area contributed by atoms with E-state index in [9.17, 15) is 9.18 Å². The molecule has 3 N–H and O–H groups in total. The average molecular weight is 307 g/mol. The fourth-order valence-corrected chi connectivity index (χ4v) is 2.68. The van der Waals surface area contributed by atoms with Crippen molar-refractivity contribution in [2.45, 2.75) is 45.3 Å². The van der Waals surface area contributed by atoms with Gasteiger partial charge in [0.1, 0.15) is 5.82 Å². The van der Waals surface area contributed by atoms with Crippen molar-refractivity contribution in [2.75, 3.05) is 13.1 Å². The highest BCUT2D eigenvalue weighted by atomic mass is 19.1. The molecule has 2 rings (SSSR count). The minimum Gasteiger partial charge on any atom is -0.352 e. The third kappa shape index (κ3) is 4.78. The van der Waals surface area contributed by atoms with Crippen LogP contribution < -0.4 is 11.1 Å². The summed E-state index contributed by atoms with van der Waals surface area (Å²) >= 11 is 0. The molecule has 22 heavy (non-hydrogen) atoms. The van der Waals surface area contributed by atoms with Crippen molar-refractivity contribution in [2.24, 2.45) is 11.7 Å². The zero-order valence-electron chi connectivity index (χ0n) is 13.4. The quantitative estimate of drug-likeness (QED) is 0.873. The van der Waals surface area contributed by atoms with Crippen LogP contribution in [0.3, 0.4) is 0 Å². The number of hydrogen-bond donors (Lipinski definition) is 2. The summed E-state index contributed by atoms with van der Waals surface area (Å²) < 4.78 is 12.9. The van der Waals surface area contributed by atoms with Crippen LogP contribution >= 0.6 is 0 Å². The molecule has 1 fully saturated rings. The summed E-state index contributed by atoms with van der Waals surface area (Å²) in [4.78, 5) is 14.3. The predicted octanol–water partition coefficient (Wildman–Crippen LogP) is 1.89. The van der Waals surface area contributed by atoms with Gasteiger partial charge in [-0.3, -0.25) is 9.69 Å². The summed E-state index contributed by atoms with van der Waals surface area (Å²) in [7, 11) is 0.